The quantitative estimate of drug-likeness (QED) is 0.626. The lowest BCUT2D eigenvalue weighted by Crippen LogP contribution is -2.22. The van der Waals surface area contributed by atoms with Crippen LogP contribution in [0.25, 0.3) is 10.9 Å². The Labute approximate surface area is 110 Å². The standard InChI is InChI=1S/C11H7FN6O2/c12-7-3-1-2-5-8(7)13-4-6(9(5)19)10(20)14-11-15-17-18-16-11/h1-4H,(H,13,19)(H2,14,15,16,17,18,20). The summed E-state index contributed by atoms with van der Waals surface area (Å²) in [6.45, 7) is 0. The Bertz CT molecular complexity index is 842. The average Bonchev–Trinajstić information content (AvgIpc) is 2.93. The predicted molar refractivity (Wildman–Crippen MR) is 66.7 cm³/mol. The molecule has 0 aliphatic carbocycles. The first kappa shape index (κ1) is 12.0. The fraction of sp³-hybridized carbons (Fsp3) is 0. The fourth-order valence-corrected chi connectivity index (χ4v) is 1.77. The Balaban J connectivity index is 2.07. The molecule has 0 saturated carbocycles. The number of hydrogen-bond acceptors (Lipinski definition) is 5. The monoisotopic (exact) mass is 274 g/mol. The molecule has 0 aliphatic rings. The van der Waals surface area contributed by atoms with Crippen LogP contribution in [0.5, 0.6) is 0 Å². The highest BCUT2D eigenvalue weighted by Crippen LogP contribution is 2.12. The number of anilines is 1. The molecule has 3 aromatic rings. The number of hydrogen-bond donors (Lipinski definition) is 3. The van der Waals surface area contributed by atoms with Crippen molar-refractivity contribution in [3.05, 3.63) is 46.0 Å². The Hall–Kier alpha value is -3.10. The number of halogens is 1. The normalized spacial score (nSPS) is 10.7. The lowest BCUT2D eigenvalue weighted by molar-refractivity contribution is 0.102. The third-order valence-electron chi connectivity index (χ3n) is 2.68. The summed E-state index contributed by atoms with van der Waals surface area (Å²) < 4.78 is 13.5. The molecule has 0 fully saturated rings. The van der Waals surface area contributed by atoms with E-state index < -0.39 is 17.2 Å². The van der Waals surface area contributed by atoms with Crippen molar-refractivity contribution in [2.75, 3.05) is 5.32 Å². The van der Waals surface area contributed by atoms with Crippen LogP contribution in [0, 0.1) is 5.82 Å². The molecule has 0 saturated heterocycles. The largest absolute Gasteiger partial charge is 0.358 e. The summed E-state index contributed by atoms with van der Waals surface area (Å²) >= 11 is 0. The molecule has 0 bridgehead atoms. The highest BCUT2D eigenvalue weighted by atomic mass is 19.1. The zero-order valence-corrected chi connectivity index (χ0v) is 9.85. The second-order valence-corrected chi connectivity index (χ2v) is 3.88. The minimum atomic E-state index is -0.709. The minimum Gasteiger partial charge on any atom is -0.358 e. The van der Waals surface area contributed by atoms with E-state index in [0.29, 0.717) is 0 Å². The van der Waals surface area contributed by atoms with Gasteiger partial charge in [0.05, 0.1) is 5.52 Å². The Morgan fingerprint density at radius 3 is 2.95 bits per heavy atom. The summed E-state index contributed by atoms with van der Waals surface area (Å²) in [4.78, 5) is 26.6. The van der Waals surface area contributed by atoms with E-state index in [4.69, 9.17) is 0 Å². The number of aromatic nitrogens is 5. The maximum Gasteiger partial charge on any atom is 0.270 e. The van der Waals surface area contributed by atoms with Crippen molar-refractivity contribution in [2.45, 2.75) is 0 Å². The molecule has 9 heteroatoms. The minimum absolute atomic E-state index is 0.0496. The van der Waals surface area contributed by atoms with Crippen LogP contribution in [-0.4, -0.2) is 31.5 Å². The van der Waals surface area contributed by atoms with Crippen molar-refractivity contribution in [1.82, 2.24) is 25.6 Å². The fourth-order valence-electron chi connectivity index (χ4n) is 1.77. The van der Waals surface area contributed by atoms with E-state index in [0.717, 1.165) is 6.20 Å². The van der Waals surface area contributed by atoms with Gasteiger partial charge in [0.15, 0.2) is 0 Å². The van der Waals surface area contributed by atoms with Crippen LogP contribution in [0.2, 0.25) is 0 Å². The van der Waals surface area contributed by atoms with E-state index in [1.165, 1.54) is 18.2 Å². The molecule has 0 atom stereocenters. The second kappa shape index (κ2) is 4.53. The van der Waals surface area contributed by atoms with E-state index in [1.54, 1.807) is 0 Å². The van der Waals surface area contributed by atoms with Gasteiger partial charge in [-0.1, -0.05) is 11.2 Å². The highest BCUT2D eigenvalue weighted by molar-refractivity contribution is 6.04. The van der Waals surface area contributed by atoms with E-state index in [-0.39, 0.29) is 22.4 Å². The first-order chi connectivity index (χ1) is 9.66. The van der Waals surface area contributed by atoms with Gasteiger partial charge in [0.2, 0.25) is 5.43 Å². The maximum atomic E-state index is 13.5. The van der Waals surface area contributed by atoms with E-state index >= 15 is 0 Å². The number of carbonyl (C=O) groups excluding carboxylic acids is 1. The second-order valence-electron chi connectivity index (χ2n) is 3.88. The number of fused-ring (bicyclic) bond motifs is 1. The Morgan fingerprint density at radius 1 is 1.35 bits per heavy atom. The molecule has 100 valence electrons. The molecule has 20 heavy (non-hydrogen) atoms. The predicted octanol–water partition coefficient (Wildman–Crippen LogP) is 0.433. The van der Waals surface area contributed by atoms with Gasteiger partial charge in [0.1, 0.15) is 11.4 Å². The van der Waals surface area contributed by atoms with Gasteiger partial charge in [-0.15, -0.1) is 5.10 Å². The van der Waals surface area contributed by atoms with E-state index in [9.17, 15) is 14.0 Å². The van der Waals surface area contributed by atoms with Gasteiger partial charge in [0.25, 0.3) is 11.9 Å². The molecule has 2 heterocycles. The lowest BCUT2D eigenvalue weighted by Gasteiger charge is -2.03. The first-order valence-electron chi connectivity index (χ1n) is 5.51. The lowest BCUT2D eigenvalue weighted by atomic mass is 10.1. The van der Waals surface area contributed by atoms with E-state index in [2.05, 4.69) is 30.9 Å². The van der Waals surface area contributed by atoms with Crippen molar-refractivity contribution < 1.29 is 9.18 Å². The Kier molecular flexibility index (Phi) is 2.71. The molecular formula is C11H7FN6O2. The summed E-state index contributed by atoms with van der Waals surface area (Å²) in [5, 5.41) is 14.9. The van der Waals surface area contributed by atoms with Crippen LogP contribution >= 0.6 is 0 Å². The van der Waals surface area contributed by atoms with Gasteiger partial charge >= 0.3 is 0 Å². The first-order valence-corrected chi connectivity index (χ1v) is 5.51. The molecule has 0 unspecified atom stereocenters. The van der Waals surface area contributed by atoms with Crippen molar-refractivity contribution in [3.8, 4) is 0 Å². The van der Waals surface area contributed by atoms with Crippen LogP contribution in [0.4, 0.5) is 10.3 Å². The molecule has 3 N–H and O–H groups in total. The molecule has 1 amide bonds. The molecule has 0 radical (unpaired) electrons. The molecule has 3 rings (SSSR count). The van der Waals surface area contributed by atoms with Crippen molar-refractivity contribution in [3.63, 3.8) is 0 Å². The van der Waals surface area contributed by atoms with Crippen LogP contribution in [0.15, 0.2) is 29.2 Å². The van der Waals surface area contributed by atoms with Gasteiger partial charge < -0.3 is 4.98 Å². The number of carbonyl (C=O) groups is 1. The zero-order valence-electron chi connectivity index (χ0n) is 9.85. The number of amides is 1. The topological polar surface area (TPSA) is 116 Å². The van der Waals surface area contributed by atoms with Gasteiger partial charge in [0, 0.05) is 11.6 Å². The van der Waals surface area contributed by atoms with Gasteiger partial charge in [-0.2, -0.15) is 5.21 Å². The number of nitrogens with zero attached hydrogens (tertiary/aromatic N) is 3. The van der Waals surface area contributed by atoms with Gasteiger partial charge in [-0.3, -0.25) is 14.9 Å². The van der Waals surface area contributed by atoms with Crippen molar-refractivity contribution in [1.29, 1.82) is 0 Å². The van der Waals surface area contributed by atoms with Crippen molar-refractivity contribution >= 4 is 22.8 Å². The average molecular weight is 274 g/mol. The van der Waals surface area contributed by atoms with Crippen LogP contribution in [-0.2, 0) is 0 Å². The highest BCUT2D eigenvalue weighted by Gasteiger charge is 2.15. The zero-order chi connectivity index (χ0) is 14.1. The Morgan fingerprint density at radius 2 is 2.20 bits per heavy atom. The summed E-state index contributed by atoms with van der Waals surface area (Å²) in [7, 11) is 0. The van der Waals surface area contributed by atoms with Gasteiger partial charge in [-0.25, -0.2) is 4.39 Å². The third-order valence-corrected chi connectivity index (χ3v) is 2.68. The van der Waals surface area contributed by atoms with Crippen molar-refractivity contribution in [2.24, 2.45) is 0 Å². The molecule has 8 nitrogen and oxygen atoms in total. The number of H-pyrrole nitrogens is 2. The SMILES string of the molecule is O=C(Nc1nn[nH]n1)c1c[nH]c2c(F)cccc2c1=O. The number of aromatic amines is 2. The summed E-state index contributed by atoms with van der Waals surface area (Å²) in [6.07, 6.45) is 1.14. The number of tetrazole rings is 1. The number of para-hydroxylation sites is 1. The molecule has 1 aromatic carbocycles. The number of pyridine rings is 1. The van der Waals surface area contributed by atoms with Gasteiger partial charge in [-0.05, 0) is 17.3 Å². The molecular weight excluding hydrogens is 267 g/mol. The number of nitrogens with one attached hydrogen (secondary N) is 3. The van der Waals surface area contributed by atoms with Crippen LogP contribution in [0.3, 0.4) is 0 Å². The summed E-state index contributed by atoms with van der Waals surface area (Å²) in [5.74, 6) is -1.34. The molecule has 2 aromatic heterocycles. The van der Waals surface area contributed by atoms with Crippen LogP contribution in [0.1, 0.15) is 10.4 Å². The number of rotatable bonds is 2. The third kappa shape index (κ3) is 1.90. The van der Waals surface area contributed by atoms with E-state index in [1.807, 2.05) is 0 Å². The van der Waals surface area contributed by atoms with Crippen LogP contribution < -0.4 is 10.7 Å². The summed E-state index contributed by atoms with van der Waals surface area (Å²) in [5.41, 5.74) is -0.708. The smallest absolute Gasteiger partial charge is 0.270 e. The maximum absolute atomic E-state index is 13.5. The summed E-state index contributed by atoms with van der Waals surface area (Å²) in [6, 6.07) is 4.05. The number of benzene rings is 1. The molecule has 0 aliphatic heterocycles. The molecule has 0 spiro atoms.